The highest BCUT2D eigenvalue weighted by molar-refractivity contribution is 5.65. The molecule has 0 aliphatic heterocycles. The van der Waals surface area contributed by atoms with E-state index in [0.29, 0.717) is 11.5 Å². The predicted molar refractivity (Wildman–Crippen MR) is 70.0 cm³/mol. The largest absolute Gasteiger partial charge is 0.493 e. The zero-order valence-corrected chi connectivity index (χ0v) is 10.8. The molecule has 2 rings (SSSR count). The van der Waals surface area contributed by atoms with Crippen molar-refractivity contribution in [1.82, 2.24) is 4.98 Å². The summed E-state index contributed by atoms with van der Waals surface area (Å²) < 4.78 is 10.5. The highest BCUT2D eigenvalue weighted by Crippen LogP contribution is 2.32. The quantitative estimate of drug-likeness (QED) is 0.872. The van der Waals surface area contributed by atoms with E-state index in [1.165, 1.54) is 0 Å². The number of methoxy groups -OCH3 is 2. The van der Waals surface area contributed by atoms with Crippen LogP contribution in [0.4, 0.5) is 0 Å². The molecule has 0 fully saturated rings. The molecule has 1 aromatic carbocycles. The van der Waals surface area contributed by atoms with Crippen molar-refractivity contribution < 1.29 is 14.6 Å². The number of aryl methyl sites for hydroxylation is 1. The molecule has 0 saturated heterocycles. The number of aromatic amines is 1. The Morgan fingerprint density at radius 1 is 1.11 bits per heavy atom. The second kappa shape index (κ2) is 5.14. The molecule has 96 valence electrons. The SMILES string of the molecule is COc1ccc(-c2cc(CO)c(C)[nH]2)cc1OC. The van der Waals surface area contributed by atoms with Crippen molar-refractivity contribution in [2.24, 2.45) is 0 Å². The van der Waals surface area contributed by atoms with Crippen LogP contribution in [0.2, 0.25) is 0 Å². The van der Waals surface area contributed by atoms with Crippen LogP contribution in [-0.4, -0.2) is 24.3 Å². The zero-order valence-electron chi connectivity index (χ0n) is 10.8. The van der Waals surface area contributed by atoms with Gasteiger partial charge in [-0.05, 0) is 36.8 Å². The van der Waals surface area contributed by atoms with Crippen LogP contribution < -0.4 is 9.47 Å². The standard InChI is InChI=1S/C14H17NO3/c1-9-11(8-16)6-12(15-9)10-4-5-13(17-2)14(7-10)18-3/h4-7,15-16H,8H2,1-3H3. The molecular formula is C14H17NO3. The minimum absolute atomic E-state index is 0.0373. The molecule has 1 aromatic heterocycles. The van der Waals surface area contributed by atoms with Crippen LogP contribution in [0.5, 0.6) is 11.5 Å². The van der Waals surface area contributed by atoms with Crippen molar-refractivity contribution >= 4 is 0 Å². The fraction of sp³-hybridized carbons (Fsp3) is 0.286. The third kappa shape index (κ3) is 2.19. The molecule has 0 atom stereocenters. The van der Waals surface area contributed by atoms with E-state index in [1.807, 2.05) is 31.2 Å². The van der Waals surface area contributed by atoms with Gasteiger partial charge in [0.05, 0.1) is 20.8 Å². The number of hydrogen-bond acceptors (Lipinski definition) is 3. The number of aliphatic hydroxyl groups excluding tert-OH is 1. The molecule has 4 heteroatoms. The van der Waals surface area contributed by atoms with Crippen LogP contribution in [-0.2, 0) is 6.61 Å². The van der Waals surface area contributed by atoms with Crippen LogP contribution in [0, 0.1) is 6.92 Å². The molecule has 2 aromatic rings. The number of nitrogens with one attached hydrogen (secondary N) is 1. The summed E-state index contributed by atoms with van der Waals surface area (Å²) in [5, 5.41) is 9.20. The molecule has 1 heterocycles. The van der Waals surface area contributed by atoms with Crippen LogP contribution in [0.1, 0.15) is 11.3 Å². The molecular weight excluding hydrogens is 230 g/mol. The first-order valence-corrected chi connectivity index (χ1v) is 5.71. The minimum atomic E-state index is 0.0373. The Morgan fingerprint density at radius 2 is 1.83 bits per heavy atom. The Kier molecular flexibility index (Phi) is 3.58. The number of rotatable bonds is 4. The summed E-state index contributed by atoms with van der Waals surface area (Å²) in [6.07, 6.45) is 0. The average Bonchev–Trinajstić information content (AvgIpc) is 2.79. The zero-order chi connectivity index (χ0) is 13.1. The van der Waals surface area contributed by atoms with E-state index < -0.39 is 0 Å². The molecule has 0 aliphatic carbocycles. The lowest BCUT2D eigenvalue weighted by Crippen LogP contribution is -1.90. The second-order valence-corrected chi connectivity index (χ2v) is 4.06. The van der Waals surface area contributed by atoms with Gasteiger partial charge in [-0.25, -0.2) is 0 Å². The van der Waals surface area contributed by atoms with E-state index in [2.05, 4.69) is 4.98 Å². The summed E-state index contributed by atoms with van der Waals surface area (Å²) in [7, 11) is 3.22. The Bertz CT molecular complexity index is 546. The summed E-state index contributed by atoms with van der Waals surface area (Å²) in [6, 6.07) is 7.67. The summed E-state index contributed by atoms with van der Waals surface area (Å²) in [4.78, 5) is 3.24. The van der Waals surface area contributed by atoms with Gasteiger partial charge in [-0.15, -0.1) is 0 Å². The topological polar surface area (TPSA) is 54.5 Å². The van der Waals surface area contributed by atoms with E-state index in [0.717, 1.165) is 22.5 Å². The maximum atomic E-state index is 9.20. The molecule has 0 amide bonds. The fourth-order valence-electron chi connectivity index (χ4n) is 1.92. The number of ether oxygens (including phenoxy) is 2. The van der Waals surface area contributed by atoms with Crippen molar-refractivity contribution in [2.45, 2.75) is 13.5 Å². The monoisotopic (exact) mass is 247 g/mol. The number of benzene rings is 1. The molecule has 2 N–H and O–H groups in total. The number of aliphatic hydroxyl groups is 1. The lowest BCUT2D eigenvalue weighted by Gasteiger charge is -2.08. The second-order valence-electron chi connectivity index (χ2n) is 4.06. The molecule has 0 spiro atoms. The first kappa shape index (κ1) is 12.5. The van der Waals surface area contributed by atoms with Crippen LogP contribution in [0.15, 0.2) is 24.3 Å². The Hall–Kier alpha value is -1.94. The predicted octanol–water partition coefficient (Wildman–Crippen LogP) is 2.50. The van der Waals surface area contributed by atoms with Gasteiger partial charge in [0.2, 0.25) is 0 Å². The lowest BCUT2D eigenvalue weighted by molar-refractivity contribution is 0.281. The van der Waals surface area contributed by atoms with E-state index in [4.69, 9.17) is 9.47 Å². The smallest absolute Gasteiger partial charge is 0.161 e. The third-order valence-electron chi connectivity index (χ3n) is 2.99. The van der Waals surface area contributed by atoms with Gasteiger partial charge < -0.3 is 19.6 Å². The van der Waals surface area contributed by atoms with E-state index >= 15 is 0 Å². The van der Waals surface area contributed by atoms with Gasteiger partial charge >= 0.3 is 0 Å². The Morgan fingerprint density at radius 3 is 2.39 bits per heavy atom. The normalized spacial score (nSPS) is 10.4. The number of aromatic nitrogens is 1. The molecule has 0 saturated carbocycles. The molecule has 18 heavy (non-hydrogen) atoms. The van der Waals surface area contributed by atoms with Crippen molar-refractivity contribution in [3.8, 4) is 22.8 Å². The first-order chi connectivity index (χ1) is 8.69. The lowest BCUT2D eigenvalue weighted by atomic mass is 10.1. The van der Waals surface area contributed by atoms with E-state index in [9.17, 15) is 5.11 Å². The van der Waals surface area contributed by atoms with Crippen molar-refractivity contribution in [3.05, 3.63) is 35.5 Å². The Labute approximate surface area is 106 Å². The maximum absolute atomic E-state index is 9.20. The highest BCUT2D eigenvalue weighted by atomic mass is 16.5. The van der Waals surface area contributed by atoms with Gasteiger partial charge in [0.15, 0.2) is 11.5 Å². The molecule has 0 unspecified atom stereocenters. The number of hydrogen-bond donors (Lipinski definition) is 2. The van der Waals surface area contributed by atoms with Gasteiger partial charge in [-0.3, -0.25) is 0 Å². The van der Waals surface area contributed by atoms with Crippen molar-refractivity contribution in [2.75, 3.05) is 14.2 Å². The molecule has 0 bridgehead atoms. The molecule has 4 nitrogen and oxygen atoms in total. The van der Waals surface area contributed by atoms with Crippen molar-refractivity contribution in [1.29, 1.82) is 0 Å². The van der Waals surface area contributed by atoms with E-state index in [1.54, 1.807) is 14.2 Å². The first-order valence-electron chi connectivity index (χ1n) is 5.71. The maximum Gasteiger partial charge on any atom is 0.161 e. The van der Waals surface area contributed by atoms with Gasteiger partial charge in [-0.1, -0.05) is 0 Å². The summed E-state index contributed by atoms with van der Waals surface area (Å²) in [5.74, 6) is 1.39. The summed E-state index contributed by atoms with van der Waals surface area (Å²) >= 11 is 0. The van der Waals surface area contributed by atoms with Gasteiger partial charge in [0.1, 0.15) is 0 Å². The molecule has 0 radical (unpaired) electrons. The van der Waals surface area contributed by atoms with E-state index in [-0.39, 0.29) is 6.61 Å². The van der Waals surface area contributed by atoms with Crippen LogP contribution in [0.25, 0.3) is 11.3 Å². The fourth-order valence-corrected chi connectivity index (χ4v) is 1.92. The average molecular weight is 247 g/mol. The summed E-state index contributed by atoms with van der Waals surface area (Å²) in [5.41, 5.74) is 3.83. The third-order valence-corrected chi connectivity index (χ3v) is 2.99. The minimum Gasteiger partial charge on any atom is -0.493 e. The number of H-pyrrole nitrogens is 1. The van der Waals surface area contributed by atoms with Crippen molar-refractivity contribution in [3.63, 3.8) is 0 Å². The highest BCUT2D eigenvalue weighted by Gasteiger charge is 2.09. The van der Waals surface area contributed by atoms with Gasteiger partial charge in [0.25, 0.3) is 0 Å². The summed E-state index contributed by atoms with van der Waals surface area (Å²) in [6.45, 7) is 1.98. The van der Waals surface area contributed by atoms with Gasteiger partial charge in [0, 0.05) is 17.0 Å². The van der Waals surface area contributed by atoms with Crippen LogP contribution in [0.3, 0.4) is 0 Å². The molecule has 0 aliphatic rings. The van der Waals surface area contributed by atoms with Crippen LogP contribution >= 0.6 is 0 Å². The Balaban J connectivity index is 2.44. The van der Waals surface area contributed by atoms with Gasteiger partial charge in [-0.2, -0.15) is 0 Å².